The van der Waals surface area contributed by atoms with Crippen molar-refractivity contribution < 1.29 is 10.2 Å². The van der Waals surface area contributed by atoms with Crippen LogP contribution in [-0.2, 0) is 5.41 Å². The number of benzene rings is 2. The Morgan fingerprint density at radius 3 is 1.94 bits per heavy atom. The summed E-state index contributed by atoms with van der Waals surface area (Å²) in [4.78, 5) is 0. The van der Waals surface area contributed by atoms with Gasteiger partial charge in [-0.1, -0.05) is 54.0 Å². The normalized spacial score (nSPS) is 13.9. The molecule has 0 aliphatic heterocycles. The lowest BCUT2D eigenvalue weighted by molar-refractivity contribution is 0.470. The van der Waals surface area contributed by atoms with Gasteiger partial charge in [-0.2, -0.15) is 0 Å². The molecule has 0 bridgehead atoms. The number of rotatable bonds is 3. The molecule has 2 N–H and O–H groups in total. The molecule has 0 atom stereocenters. The van der Waals surface area contributed by atoms with Gasteiger partial charge < -0.3 is 10.2 Å². The second kappa shape index (κ2) is 7.67. The zero-order valence-corrected chi connectivity index (χ0v) is 19.1. The smallest absolute Gasteiger partial charge is 0.118 e. The molecule has 0 unspecified atom stereocenters. The van der Waals surface area contributed by atoms with E-state index in [-0.39, 0.29) is 11.5 Å². The Bertz CT molecular complexity index is 1290. The van der Waals surface area contributed by atoms with Crippen LogP contribution in [-0.4, -0.2) is 10.2 Å². The summed E-state index contributed by atoms with van der Waals surface area (Å²) >= 11 is 0. The first-order valence-electron chi connectivity index (χ1n) is 10.6. The van der Waals surface area contributed by atoms with Crippen molar-refractivity contribution in [1.82, 2.24) is 0 Å². The first-order chi connectivity index (χ1) is 15.2. The Kier molecular flexibility index (Phi) is 5.12. The number of hydrogen-bond donors (Lipinski definition) is 2. The minimum Gasteiger partial charge on any atom is -0.508 e. The molecule has 1 aliphatic rings. The van der Waals surface area contributed by atoms with Crippen LogP contribution < -0.4 is 0 Å². The van der Waals surface area contributed by atoms with Crippen LogP contribution in [0.15, 0.2) is 59.7 Å². The van der Waals surface area contributed by atoms with Crippen LogP contribution in [0.5, 0.6) is 11.5 Å². The number of phenolic OH excluding ortho intramolecular Hbond substituents is 2. The summed E-state index contributed by atoms with van der Waals surface area (Å²) < 4.78 is 0. The maximum atomic E-state index is 10.3. The van der Waals surface area contributed by atoms with Crippen molar-refractivity contribution in [2.45, 2.75) is 40.0 Å². The van der Waals surface area contributed by atoms with Crippen LogP contribution in [0, 0.1) is 45.2 Å². The second-order valence-corrected chi connectivity index (χ2v) is 8.77. The van der Waals surface area contributed by atoms with Gasteiger partial charge in [-0.15, -0.1) is 6.42 Å². The topological polar surface area (TPSA) is 40.5 Å². The third-order valence-corrected chi connectivity index (χ3v) is 6.18. The zero-order valence-electron chi connectivity index (χ0n) is 19.1. The fraction of sp³-hybridized carbons (Fsp3) is 0.200. The van der Waals surface area contributed by atoms with Crippen molar-refractivity contribution in [1.29, 1.82) is 0 Å². The quantitative estimate of drug-likeness (QED) is 0.488. The van der Waals surface area contributed by atoms with Crippen LogP contribution in [0.2, 0.25) is 0 Å². The number of hydrogen-bond acceptors (Lipinski definition) is 2. The molecule has 32 heavy (non-hydrogen) atoms. The summed E-state index contributed by atoms with van der Waals surface area (Å²) in [6.45, 7) is 9.90. The van der Waals surface area contributed by atoms with E-state index in [1.807, 2.05) is 45.0 Å². The van der Waals surface area contributed by atoms with Crippen molar-refractivity contribution in [3.05, 3.63) is 111 Å². The van der Waals surface area contributed by atoms with Crippen molar-refractivity contribution in [3.8, 4) is 23.8 Å². The minimum atomic E-state index is -0.721. The van der Waals surface area contributed by atoms with Crippen LogP contribution in [0.1, 0.15) is 52.8 Å². The molecule has 0 saturated carbocycles. The Labute approximate surface area is 190 Å². The molecule has 0 radical (unpaired) electrons. The van der Waals surface area contributed by atoms with Gasteiger partial charge in [-0.3, -0.25) is 0 Å². The fourth-order valence-corrected chi connectivity index (χ4v) is 4.70. The van der Waals surface area contributed by atoms with E-state index in [1.54, 1.807) is 12.1 Å². The van der Waals surface area contributed by atoms with Gasteiger partial charge >= 0.3 is 0 Å². The number of terminal acetylenes is 1. The lowest BCUT2D eigenvalue weighted by atomic mass is 9.66. The minimum absolute atomic E-state index is 0.248. The summed E-state index contributed by atoms with van der Waals surface area (Å²) in [7, 11) is 0. The third-order valence-electron chi connectivity index (χ3n) is 6.18. The van der Waals surface area contributed by atoms with Crippen LogP contribution in [0.3, 0.4) is 0 Å². The fourth-order valence-electron chi connectivity index (χ4n) is 4.70. The van der Waals surface area contributed by atoms with E-state index < -0.39 is 5.41 Å². The lowest BCUT2D eigenvalue weighted by Crippen LogP contribution is -2.30. The second-order valence-electron chi connectivity index (χ2n) is 8.77. The predicted molar refractivity (Wildman–Crippen MR) is 130 cm³/mol. The van der Waals surface area contributed by atoms with Gasteiger partial charge in [0.05, 0.1) is 5.41 Å². The maximum absolute atomic E-state index is 10.3. The highest BCUT2D eigenvalue weighted by atomic mass is 16.3. The van der Waals surface area contributed by atoms with Gasteiger partial charge in [0.1, 0.15) is 11.5 Å². The molecule has 0 spiro atoms. The number of aryl methyl sites for hydroxylation is 3. The van der Waals surface area contributed by atoms with Gasteiger partial charge in [0.25, 0.3) is 0 Å². The number of allylic oxidation sites excluding steroid dienone is 4. The largest absolute Gasteiger partial charge is 0.508 e. The van der Waals surface area contributed by atoms with Crippen LogP contribution in [0.4, 0.5) is 0 Å². The highest BCUT2D eigenvalue weighted by Crippen LogP contribution is 2.55. The summed E-state index contributed by atoms with van der Waals surface area (Å²) in [5.41, 5.74) is 8.60. The summed E-state index contributed by atoms with van der Waals surface area (Å²) in [6.07, 6.45) is 8.23. The van der Waals surface area contributed by atoms with Crippen molar-refractivity contribution in [2.75, 3.05) is 0 Å². The molecule has 158 valence electrons. The average Bonchev–Trinajstić information content (AvgIpc) is 3.00. The Hall–Kier alpha value is -3.88. The molecule has 3 aromatic rings. The Balaban J connectivity index is 2.26. The van der Waals surface area contributed by atoms with Gasteiger partial charge in [-0.05, 0) is 91.8 Å². The molecule has 3 aromatic carbocycles. The van der Waals surface area contributed by atoms with Crippen molar-refractivity contribution in [2.24, 2.45) is 0 Å². The number of fused-ring (bicyclic) bond motifs is 1. The highest BCUT2D eigenvalue weighted by Gasteiger charge is 2.47. The van der Waals surface area contributed by atoms with Crippen molar-refractivity contribution in [3.63, 3.8) is 0 Å². The third kappa shape index (κ3) is 3.08. The lowest BCUT2D eigenvalue weighted by Gasteiger charge is -2.35. The maximum Gasteiger partial charge on any atom is 0.118 e. The average molecular weight is 419 g/mol. The molecule has 1 aliphatic carbocycles. The van der Waals surface area contributed by atoms with Crippen LogP contribution in [0.25, 0.3) is 5.57 Å². The van der Waals surface area contributed by atoms with Crippen LogP contribution >= 0.6 is 0 Å². The first-order valence-corrected chi connectivity index (χ1v) is 10.6. The molecule has 0 aromatic heterocycles. The van der Waals surface area contributed by atoms with E-state index in [1.165, 1.54) is 0 Å². The SMILES string of the molecule is C#CC1=C(C=C(C)C)C(c2ccc(O)c(C)c2)(c2ccc(O)c(C)c2)c2cc(C)c#cc21. The van der Waals surface area contributed by atoms with E-state index in [0.717, 1.165) is 55.7 Å². The van der Waals surface area contributed by atoms with Gasteiger partial charge in [0, 0.05) is 11.1 Å². The standard InChI is InChI=1S/C30H26O2/c1-7-24-25-11-8-19(4)15-27(25)30(26(24)14-18(2)3,22-9-12-28(31)20(5)16-22)23-10-13-29(32)21(6)17-23/h1,9-10,12-17,31-32H,2-6H3. The molecule has 0 fully saturated rings. The molecule has 2 heteroatoms. The summed E-state index contributed by atoms with van der Waals surface area (Å²) in [6, 6.07) is 20.1. The summed E-state index contributed by atoms with van der Waals surface area (Å²) in [5.74, 6) is 3.42. The predicted octanol–water partition coefficient (Wildman–Crippen LogP) is 6.32. The Morgan fingerprint density at radius 2 is 1.47 bits per heavy atom. The number of aromatic hydroxyl groups is 2. The highest BCUT2D eigenvalue weighted by molar-refractivity contribution is 5.94. The van der Waals surface area contributed by atoms with Gasteiger partial charge in [0.2, 0.25) is 0 Å². The molecular weight excluding hydrogens is 392 g/mol. The van der Waals surface area contributed by atoms with E-state index in [4.69, 9.17) is 6.42 Å². The van der Waals surface area contributed by atoms with Crippen molar-refractivity contribution >= 4 is 5.57 Å². The van der Waals surface area contributed by atoms with Gasteiger partial charge in [0.15, 0.2) is 0 Å². The zero-order chi connectivity index (χ0) is 23.2. The summed E-state index contributed by atoms with van der Waals surface area (Å²) in [5, 5.41) is 20.5. The molecular formula is C30H26O2. The van der Waals surface area contributed by atoms with E-state index in [0.29, 0.717) is 0 Å². The van der Waals surface area contributed by atoms with Gasteiger partial charge in [-0.25, -0.2) is 0 Å². The monoisotopic (exact) mass is 418 g/mol. The Morgan fingerprint density at radius 1 is 0.906 bits per heavy atom. The molecule has 0 saturated heterocycles. The van der Waals surface area contributed by atoms with E-state index in [2.05, 4.69) is 44.0 Å². The molecule has 4 rings (SSSR count). The van der Waals surface area contributed by atoms with E-state index in [9.17, 15) is 10.2 Å². The molecule has 0 heterocycles. The first kappa shape index (κ1) is 21.4. The molecule has 2 nitrogen and oxygen atoms in total. The molecule has 0 amide bonds. The number of phenols is 2. The van der Waals surface area contributed by atoms with E-state index >= 15 is 0 Å².